The van der Waals surface area contributed by atoms with Crippen LogP contribution < -0.4 is 0 Å². The Kier molecular flexibility index (Phi) is 6.98. The number of carbonyl (C=O) groups excluding carboxylic acids is 2. The van der Waals surface area contributed by atoms with Crippen LogP contribution in [0.15, 0.2) is 42.5 Å². The van der Waals surface area contributed by atoms with E-state index in [4.69, 9.17) is 39.5 Å². The topological polar surface area (TPSA) is 64.4 Å². The lowest BCUT2D eigenvalue weighted by Gasteiger charge is -2.31. The molecule has 4 rings (SSSR count). The van der Waals surface area contributed by atoms with Crippen molar-refractivity contribution >= 4 is 46.7 Å². The average Bonchev–Trinajstić information content (AvgIpc) is 3.15. The second-order valence-electron chi connectivity index (χ2n) is 7.95. The van der Waals surface area contributed by atoms with Crippen molar-refractivity contribution in [2.75, 3.05) is 20.2 Å². The molecule has 0 radical (unpaired) electrons. The molecule has 1 amide bonds. The SMILES string of the molecule is COC(=O)C1CCCN(C(=O)c2nn(-c3ccc(Cl)cc3Cl)c(-c3ccc(Cl)cc3)c2C)C1. The van der Waals surface area contributed by atoms with Crippen LogP contribution in [0.1, 0.15) is 28.9 Å². The van der Waals surface area contributed by atoms with Crippen LogP contribution in [0.5, 0.6) is 0 Å². The Labute approximate surface area is 207 Å². The van der Waals surface area contributed by atoms with Gasteiger partial charge in [0.25, 0.3) is 5.91 Å². The number of aromatic nitrogens is 2. The molecule has 1 fully saturated rings. The van der Waals surface area contributed by atoms with E-state index in [0.29, 0.717) is 51.5 Å². The summed E-state index contributed by atoms with van der Waals surface area (Å²) in [4.78, 5) is 27.2. The van der Waals surface area contributed by atoms with Gasteiger partial charge in [0, 0.05) is 34.3 Å². The first-order chi connectivity index (χ1) is 15.8. The molecule has 6 nitrogen and oxygen atoms in total. The Balaban J connectivity index is 1.80. The van der Waals surface area contributed by atoms with Crippen LogP contribution in [0.4, 0.5) is 0 Å². The van der Waals surface area contributed by atoms with E-state index in [1.165, 1.54) is 7.11 Å². The second-order valence-corrected chi connectivity index (χ2v) is 9.23. The molecule has 0 bridgehead atoms. The zero-order valence-electron chi connectivity index (χ0n) is 18.1. The standard InChI is InChI=1S/C24H22Cl3N3O3/c1-14-21(23(31)29-11-3-4-16(13-29)24(32)33-2)28-30(20-10-9-18(26)12-19(20)27)22(14)15-5-7-17(25)8-6-15/h5-10,12,16H,3-4,11,13H2,1-2H3. The first-order valence-corrected chi connectivity index (χ1v) is 11.6. The first-order valence-electron chi connectivity index (χ1n) is 10.5. The van der Waals surface area contributed by atoms with Crippen molar-refractivity contribution in [3.8, 4) is 16.9 Å². The van der Waals surface area contributed by atoms with E-state index in [1.807, 2.05) is 19.1 Å². The van der Waals surface area contributed by atoms with Crippen LogP contribution in [0.3, 0.4) is 0 Å². The van der Waals surface area contributed by atoms with Crippen molar-refractivity contribution in [1.29, 1.82) is 0 Å². The number of ether oxygens (including phenoxy) is 1. The van der Waals surface area contributed by atoms with Gasteiger partial charge in [0.05, 0.1) is 29.4 Å². The fourth-order valence-electron chi connectivity index (χ4n) is 4.14. The molecule has 1 aromatic heterocycles. The lowest BCUT2D eigenvalue weighted by Crippen LogP contribution is -2.43. The van der Waals surface area contributed by atoms with E-state index in [-0.39, 0.29) is 17.8 Å². The van der Waals surface area contributed by atoms with E-state index < -0.39 is 0 Å². The van der Waals surface area contributed by atoms with Gasteiger partial charge in [-0.25, -0.2) is 4.68 Å². The lowest BCUT2D eigenvalue weighted by atomic mass is 9.97. The van der Waals surface area contributed by atoms with Gasteiger partial charge in [-0.3, -0.25) is 9.59 Å². The number of amides is 1. The number of rotatable bonds is 4. The molecule has 2 aromatic carbocycles. The minimum atomic E-state index is -0.337. The summed E-state index contributed by atoms with van der Waals surface area (Å²) in [6.07, 6.45) is 1.42. The molecule has 1 saturated heterocycles. The fourth-order valence-corrected chi connectivity index (χ4v) is 4.76. The zero-order valence-corrected chi connectivity index (χ0v) is 20.4. The molecule has 1 aliphatic rings. The monoisotopic (exact) mass is 505 g/mol. The average molecular weight is 507 g/mol. The predicted molar refractivity (Wildman–Crippen MR) is 129 cm³/mol. The molecule has 0 spiro atoms. The van der Waals surface area contributed by atoms with Gasteiger partial charge in [0.1, 0.15) is 0 Å². The van der Waals surface area contributed by atoms with E-state index in [0.717, 1.165) is 17.7 Å². The van der Waals surface area contributed by atoms with E-state index >= 15 is 0 Å². The van der Waals surface area contributed by atoms with Crippen LogP contribution in [-0.4, -0.2) is 46.8 Å². The number of hydrogen-bond donors (Lipinski definition) is 0. The maximum absolute atomic E-state index is 13.5. The Morgan fingerprint density at radius 1 is 1.06 bits per heavy atom. The molecule has 0 N–H and O–H groups in total. The molecular formula is C24H22Cl3N3O3. The Bertz CT molecular complexity index is 1210. The number of carbonyl (C=O) groups is 2. The maximum atomic E-state index is 13.5. The van der Waals surface area contributed by atoms with Gasteiger partial charge in [0.15, 0.2) is 5.69 Å². The Morgan fingerprint density at radius 3 is 2.42 bits per heavy atom. The number of likely N-dealkylation sites (tertiary alicyclic amines) is 1. The number of nitrogens with zero attached hydrogens (tertiary/aromatic N) is 3. The van der Waals surface area contributed by atoms with Crippen molar-refractivity contribution in [3.05, 3.63) is 68.8 Å². The number of benzene rings is 2. The van der Waals surface area contributed by atoms with Gasteiger partial charge < -0.3 is 9.64 Å². The summed E-state index contributed by atoms with van der Waals surface area (Å²) in [5, 5.41) is 6.19. The largest absolute Gasteiger partial charge is 0.469 e. The Morgan fingerprint density at radius 2 is 1.76 bits per heavy atom. The summed E-state index contributed by atoms with van der Waals surface area (Å²) in [6, 6.07) is 12.4. The highest BCUT2D eigenvalue weighted by Gasteiger charge is 2.32. The number of piperidine rings is 1. The minimum Gasteiger partial charge on any atom is -0.469 e. The summed E-state index contributed by atoms with van der Waals surface area (Å²) in [6.45, 7) is 2.71. The summed E-state index contributed by atoms with van der Waals surface area (Å²) < 4.78 is 6.54. The van der Waals surface area contributed by atoms with Crippen LogP contribution >= 0.6 is 34.8 Å². The van der Waals surface area contributed by atoms with Gasteiger partial charge in [-0.05, 0) is 50.1 Å². The van der Waals surface area contributed by atoms with Gasteiger partial charge >= 0.3 is 5.97 Å². The van der Waals surface area contributed by atoms with Crippen LogP contribution in [0, 0.1) is 12.8 Å². The smallest absolute Gasteiger partial charge is 0.310 e. The number of methoxy groups -OCH3 is 1. The lowest BCUT2D eigenvalue weighted by molar-refractivity contribution is -0.146. The molecular weight excluding hydrogens is 485 g/mol. The number of halogens is 3. The molecule has 3 aromatic rings. The van der Waals surface area contributed by atoms with Crippen molar-refractivity contribution < 1.29 is 14.3 Å². The number of hydrogen-bond acceptors (Lipinski definition) is 4. The maximum Gasteiger partial charge on any atom is 0.310 e. The summed E-state index contributed by atoms with van der Waals surface area (Å²) >= 11 is 18.7. The third-order valence-electron chi connectivity index (χ3n) is 5.82. The van der Waals surface area contributed by atoms with Crippen LogP contribution in [0.25, 0.3) is 16.9 Å². The van der Waals surface area contributed by atoms with E-state index in [2.05, 4.69) is 5.10 Å². The van der Waals surface area contributed by atoms with Gasteiger partial charge in [0.2, 0.25) is 0 Å². The third-order valence-corrected chi connectivity index (χ3v) is 6.61. The molecule has 1 unspecified atom stereocenters. The van der Waals surface area contributed by atoms with Crippen LogP contribution in [-0.2, 0) is 9.53 Å². The molecule has 0 saturated carbocycles. The molecule has 33 heavy (non-hydrogen) atoms. The van der Waals surface area contributed by atoms with Crippen molar-refractivity contribution in [1.82, 2.24) is 14.7 Å². The van der Waals surface area contributed by atoms with E-state index in [1.54, 1.807) is 39.9 Å². The van der Waals surface area contributed by atoms with Crippen LogP contribution in [0.2, 0.25) is 15.1 Å². The fraction of sp³-hybridized carbons (Fsp3) is 0.292. The van der Waals surface area contributed by atoms with Crippen molar-refractivity contribution in [2.45, 2.75) is 19.8 Å². The highest BCUT2D eigenvalue weighted by Crippen LogP contribution is 2.34. The van der Waals surface area contributed by atoms with E-state index in [9.17, 15) is 9.59 Å². The quantitative estimate of drug-likeness (QED) is 0.417. The molecule has 1 aliphatic heterocycles. The molecule has 172 valence electrons. The summed E-state index contributed by atoms with van der Waals surface area (Å²) in [7, 11) is 1.36. The summed E-state index contributed by atoms with van der Waals surface area (Å²) in [5.74, 6) is -0.874. The molecule has 2 heterocycles. The number of esters is 1. The third kappa shape index (κ3) is 4.74. The van der Waals surface area contributed by atoms with Gasteiger partial charge in [-0.15, -0.1) is 0 Å². The summed E-state index contributed by atoms with van der Waals surface area (Å²) in [5.41, 5.74) is 3.16. The second kappa shape index (κ2) is 9.75. The zero-order chi connectivity index (χ0) is 23.7. The first kappa shape index (κ1) is 23.6. The highest BCUT2D eigenvalue weighted by molar-refractivity contribution is 6.35. The molecule has 9 heteroatoms. The predicted octanol–water partition coefficient (Wildman–Crippen LogP) is 5.83. The molecule has 1 atom stereocenters. The van der Waals surface area contributed by atoms with Gasteiger partial charge in [-0.1, -0.05) is 46.9 Å². The normalized spacial score (nSPS) is 16.0. The van der Waals surface area contributed by atoms with Gasteiger partial charge in [-0.2, -0.15) is 5.10 Å². The van der Waals surface area contributed by atoms with Crippen molar-refractivity contribution in [2.24, 2.45) is 5.92 Å². The Hall–Kier alpha value is -2.54. The minimum absolute atomic E-state index is 0.236. The van der Waals surface area contributed by atoms with Crippen molar-refractivity contribution in [3.63, 3.8) is 0 Å². The molecule has 0 aliphatic carbocycles. The highest BCUT2D eigenvalue weighted by atomic mass is 35.5.